The van der Waals surface area contributed by atoms with E-state index in [1.807, 2.05) is 20.8 Å². The number of nitrogens with one attached hydrogen (secondary N) is 5. The van der Waals surface area contributed by atoms with Crippen LogP contribution in [-0.2, 0) is 10.2 Å². The molecule has 3 aromatic heterocycles. The summed E-state index contributed by atoms with van der Waals surface area (Å²) < 4.78 is 73.7. The Hall–Kier alpha value is -7.05. The van der Waals surface area contributed by atoms with Gasteiger partial charge in [0, 0.05) is 65.7 Å². The molecule has 3 amide bonds. The van der Waals surface area contributed by atoms with Crippen molar-refractivity contribution in [3.8, 4) is 23.3 Å². The molecule has 434 valence electrons. The summed E-state index contributed by atoms with van der Waals surface area (Å²) in [4.78, 5) is 52.2. The van der Waals surface area contributed by atoms with E-state index in [1.54, 1.807) is 29.1 Å². The van der Waals surface area contributed by atoms with Crippen LogP contribution < -0.4 is 31.3 Å². The molecular formula is C60H67Cl2F4N11O5. The number of ether oxygens (including phenoxy) is 1. The third kappa shape index (κ3) is 13.7. The van der Waals surface area contributed by atoms with Gasteiger partial charge in [0.25, 0.3) is 18.2 Å². The van der Waals surface area contributed by atoms with E-state index in [-0.39, 0.29) is 73.8 Å². The van der Waals surface area contributed by atoms with Crippen LogP contribution in [0.1, 0.15) is 135 Å². The second-order valence-electron chi connectivity index (χ2n) is 22.9. The van der Waals surface area contributed by atoms with Gasteiger partial charge >= 0.3 is 0 Å². The quantitative estimate of drug-likeness (QED) is 0.0318. The molecule has 5 N–H and O–H groups in total. The number of amides is 3. The van der Waals surface area contributed by atoms with Gasteiger partial charge in [-0.2, -0.15) is 10.4 Å². The normalized spacial score (nSPS) is 20.9. The molecule has 3 aliphatic rings. The highest BCUT2D eigenvalue weighted by molar-refractivity contribution is 6.31. The molecule has 1 saturated heterocycles. The summed E-state index contributed by atoms with van der Waals surface area (Å²) in [6.07, 6.45) is 8.75. The minimum Gasteiger partial charge on any atom is -0.495 e. The number of carbonyl (C=O) groups is 3. The number of hydrogen-bond acceptors (Lipinski definition) is 12. The number of carbonyl (C=O) groups excluding carboxylic acids is 3. The molecule has 9 rings (SSSR count). The Morgan fingerprint density at radius 1 is 0.963 bits per heavy atom. The molecule has 1 aliphatic heterocycles. The van der Waals surface area contributed by atoms with Gasteiger partial charge in [0.1, 0.15) is 34.9 Å². The number of aromatic nitrogens is 4. The van der Waals surface area contributed by atoms with Crippen molar-refractivity contribution in [3.05, 3.63) is 135 Å². The molecule has 2 aliphatic carbocycles. The van der Waals surface area contributed by atoms with E-state index >= 15 is 8.78 Å². The molecule has 2 saturated carbocycles. The smallest absolute Gasteiger partial charge is 0.284 e. The summed E-state index contributed by atoms with van der Waals surface area (Å²) in [7, 11) is 3.44. The summed E-state index contributed by atoms with van der Waals surface area (Å²) in [6, 6.07) is 16.4. The lowest BCUT2D eigenvalue weighted by Crippen LogP contribution is -2.45. The highest BCUT2D eigenvalue weighted by Gasteiger charge is 2.61. The highest BCUT2D eigenvalue weighted by Crippen LogP contribution is 2.53. The molecule has 82 heavy (non-hydrogen) atoms. The first-order valence-corrected chi connectivity index (χ1v) is 28.4. The second-order valence-corrected chi connectivity index (χ2v) is 23.8. The molecule has 6 aromatic rings. The number of anilines is 3. The first kappa shape index (κ1) is 59.6. The van der Waals surface area contributed by atoms with Gasteiger partial charge in [0.2, 0.25) is 11.8 Å². The van der Waals surface area contributed by atoms with Crippen molar-refractivity contribution < 1.29 is 41.1 Å². The molecule has 4 atom stereocenters. The van der Waals surface area contributed by atoms with Gasteiger partial charge in [-0.25, -0.2) is 27.5 Å². The van der Waals surface area contributed by atoms with Crippen LogP contribution >= 0.6 is 23.2 Å². The van der Waals surface area contributed by atoms with E-state index in [1.165, 1.54) is 74.9 Å². The lowest BCUT2D eigenvalue weighted by Gasteiger charge is -2.37. The third-order valence-electron chi connectivity index (χ3n) is 15.7. The number of methoxy groups -OCH3 is 1. The largest absolute Gasteiger partial charge is 0.495 e. The zero-order chi connectivity index (χ0) is 58.5. The van der Waals surface area contributed by atoms with Gasteiger partial charge in [-0.05, 0) is 143 Å². The van der Waals surface area contributed by atoms with Crippen molar-refractivity contribution in [2.24, 2.45) is 17.3 Å². The van der Waals surface area contributed by atoms with Crippen molar-refractivity contribution in [1.82, 2.24) is 35.3 Å². The Bertz CT molecular complexity index is 3320. The zero-order valence-electron chi connectivity index (χ0n) is 46.3. The molecule has 4 heterocycles. The van der Waals surface area contributed by atoms with Crippen LogP contribution in [0.15, 0.2) is 89.8 Å². The van der Waals surface area contributed by atoms with Gasteiger partial charge in [-0.3, -0.25) is 19.1 Å². The van der Waals surface area contributed by atoms with E-state index in [2.05, 4.69) is 59.7 Å². The fraction of sp³-hybridized carbons (Fsp3) is 0.450. The Kier molecular flexibility index (Phi) is 18.6. The minimum atomic E-state index is -2.91. The zero-order valence-corrected chi connectivity index (χ0v) is 47.8. The van der Waals surface area contributed by atoms with Gasteiger partial charge < -0.3 is 40.6 Å². The average molecular weight is 1170 g/mol. The van der Waals surface area contributed by atoms with Crippen LogP contribution in [-0.4, -0.2) is 94.8 Å². The maximum atomic E-state index is 16.2. The predicted octanol–water partition coefficient (Wildman–Crippen LogP) is 12.4. The van der Waals surface area contributed by atoms with E-state index < -0.39 is 64.4 Å². The number of hydrogen-bond donors (Lipinski definition) is 5. The standard InChI is InChI=1S/C60H67Cl2F4N11O5/c1-59(2,3)28-48-60(33-67,41-19-16-38(61)27-43(41)63)50(40-9-8-10-42(62)51(40)64)53(74-48)57(80)71-44-20-15-36(25-47(44)81-5)55(78)69-22-6-7-24-76(4)30-35-13-17-39(18-14-35)77-31-45(52(75-77)54(65)66)72-56(79)46-32-82-58(73-46)37-21-23-68-49(26-37)70-29-34-11-12-34/h8-10,15-16,19-21,23,25-27,31-32,34-35,39,48,50,53-54,74H,6-7,11-14,17-18,22,24,28-30H2,1-5H3,(H,68,70)(H,69,78)(H,71,80)(H,72,79)/t35?,39?,48-,50-,53+,60-/m0/s1. The fourth-order valence-corrected chi connectivity index (χ4v) is 11.8. The van der Waals surface area contributed by atoms with E-state index in [0.717, 1.165) is 57.8 Å². The van der Waals surface area contributed by atoms with Gasteiger partial charge in [-0.1, -0.05) is 62.2 Å². The molecular weight excluding hydrogens is 1100 g/mol. The average Bonchev–Trinajstić information content (AvgIpc) is 3.59. The number of benzene rings is 3. The lowest BCUT2D eigenvalue weighted by molar-refractivity contribution is -0.118. The highest BCUT2D eigenvalue weighted by atomic mass is 35.5. The number of halogens is 6. The van der Waals surface area contributed by atoms with Crippen molar-refractivity contribution >= 4 is 58.1 Å². The van der Waals surface area contributed by atoms with Gasteiger partial charge in [0.05, 0.1) is 41.7 Å². The molecule has 0 unspecified atom stereocenters. The summed E-state index contributed by atoms with van der Waals surface area (Å²) >= 11 is 12.5. The third-order valence-corrected chi connectivity index (χ3v) is 16.2. The lowest BCUT2D eigenvalue weighted by atomic mass is 9.62. The molecule has 16 nitrogen and oxygen atoms in total. The number of alkyl halides is 2. The monoisotopic (exact) mass is 1170 g/mol. The van der Waals surface area contributed by atoms with E-state index in [9.17, 15) is 28.4 Å². The van der Waals surface area contributed by atoms with Crippen LogP contribution in [0.4, 0.5) is 34.8 Å². The molecule has 3 aromatic carbocycles. The van der Waals surface area contributed by atoms with Gasteiger partial charge in [-0.15, -0.1) is 0 Å². The Balaban J connectivity index is 0.749. The number of nitriles is 1. The number of pyridine rings is 1. The first-order chi connectivity index (χ1) is 39.2. The topological polar surface area (TPSA) is 204 Å². The van der Waals surface area contributed by atoms with Crippen molar-refractivity contribution in [3.63, 3.8) is 0 Å². The number of rotatable bonds is 22. The Morgan fingerprint density at radius 3 is 2.44 bits per heavy atom. The number of oxazole rings is 1. The van der Waals surface area contributed by atoms with Gasteiger partial charge in [0.15, 0.2) is 11.4 Å². The predicted molar refractivity (Wildman–Crippen MR) is 305 cm³/mol. The summed E-state index contributed by atoms with van der Waals surface area (Å²) in [5.74, 6) is -2.54. The van der Waals surface area contributed by atoms with Crippen LogP contribution in [0, 0.1) is 40.2 Å². The van der Waals surface area contributed by atoms with Crippen molar-refractivity contribution in [2.75, 3.05) is 56.3 Å². The second kappa shape index (κ2) is 25.6. The first-order valence-electron chi connectivity index (χ1n) is 27.6. The summed E-state index contributed by atoms with van der Waals surface area (Å²) in [5.41, 5.74) is -1.90. The molecule has 3 fully saturated rings. The van der Waals surface area contributed by atoms with Crippen LogP contribution in [0.3, 0.4) is 0 Å². The Morgan fingerprint density at radius 2 is 1.73 bits per heavy atom. The van der Waals surface area contributed by atoms with E-state index in [0.29, 0.717) is 36.2 Å². The molecule has 0 spiro atoms. The maximum absolute atomic E-state index is 16.2. The number of unbranched alkanes of at least 4 members (excludes halogenated alkanes) is 1. The van der Waals surface area contributed by atoms with Crippen LogP contribution in [0.25, 0.3) is 11.5 Å². The minimum absolute atomic E-state index is 0.0480. The molecule has 22 heteroatoms. The SMILES string of the molecule is COc1cc(C(=O)NCCCCN(C)CC2CCC(n3cc(NC(=O)c4coc(-c5ccnc(NCC6CC6)c5)n4)c(C(F)F)n3)CC2)ccc1NC(=O)[C@@H]1N[C@@H](CC(C)(C)C)[C@](C#N)(c2ccc(Cl)cc2F)[C@H]1c1cccc(Cl)c1F. The molecule has 0 radical (unpaired) electrons. The fourth-order valence-electron chi connectivity index (χ4n) is 11.4. The van der Waals surface area contributed by atoms with E-state index in [4.69, 9.17) is 32.4 Å². The van der Waals surface area contributed by atoms with Crippen molar-refractivity contribution in [1.29, 1.82) is 5.26 Å². The summed E-state index contributed by atoms with van der Waals surface area (Å²) in [6.45, 7) is 8.70. The Labute approximate surface area is 484 Å². The number of nitrogens with zero attached hydrogens (tertiary/aromatic N) is 6. The molecule has 0 bridgehead atoms. The van der Waals surface area contributed by atoms with Crippen LogP contribution in [0.2, 0.25) is 10.0 Å². The van der Waals surface area contributed by atoms with Crippen LogP contribution in [0.5, 0.6) is 5.75 Å². The summed E-state index contributed by atoms with van der Waals surface area (Å²) in [5, 5.41) is 30.3. The van der Waals surface area contributed by atoms with Crippen molar-refractivity contribution in [2.45, 2.75) is 114 Å². The maximum Gasteiger partial charge on any atom is 0.284 e.